The van der Waals surface area contributed by atoms with Gasteiger partial charge >= 0.3 is 0 Å². The number of nitrogens with zero attached hydrogens (tertiary/aromatic N) is 1. The fraction of sp³-hybridized carbons (Fsp3) is 0.214. The summed E-state index contributed by atoms with van der Waals surface area (Å²) in [4.78, 5) is 5.66. The SMILES string of the molecule is C1=CCC(Nc2ncc(-c3ccccc3)s2)C1. The molecule has 1 aliphatic carbocycles. The van der Waals surface area contributed by atoms with Gasteiger partial charge in [0, 0.05) is 12.2 Å². The molecule has 0 bridgehead atoms. The molecule has 1 N–H and O–H groups in total. The minimum atomic E-state index is 0.532. The van der Waals surface area contributed by atoms with Crippen molar-refractivity contribution in [2.24, 2.45) is 0 Å². The molecule has 2 aromatic rings. The smallest absolute Gasteiger partial charge is 0.183 e. The Bertz CT molecular complexity index is 508. The standard InChI is InChI=1S/C14H14N2S/c1-2-6-11(7-3-1)13-10-15-14(17-13)16-12-8-4-5-9-12/h1-7,10,12H,8-9H2,(H,15,16). The summed E-state index contributed by atoms with van der Waals surface area (Å²) >= 11 is 1.72. The molecule has 1 aromatic carbocycles. The van der Waals surface area contributed by atoms with Crippen molar-refractivity contribution in [2.45, 2.75) is 18.9 Å². The molecule has 0 atom stereocenters. The number of nitrogens with one attached hydrogen (secondary N) is 1. The van der Waals surface area contributed by atoms with E-state index in [2.05, 4.69) is 46.7 Å². The van der Waals surface area contributed by atoms with E-state index in [0.717, 1.165) is 18.0 Å². The van der Waals surface area contributed by atoms with Crippen LogP contribution >= 0.6 is 11.3 Å². The average molecular weight is 242 g/mol. The van der Waals surface area contributed by atoms with Crippen molar-refractivity contribution < 1.29 is 0 Å². The van der Waals surface area contributed by atoms with Gasteiger partial charge < -0.3 is 5.32 Å². The third kappa shape index (κ3) is 2.39. The second-order valence-corrected chi connectivity index (χ2v) is 5.21. The highest BCUT2D eigenvalue weighted by atomic mass is 32.1. The number of thiazole rings is 1. The van der Waals surface area contributed by atoms with Crippen molar-refractivity contribution in [3.8, 4) is 10.4 Å². The van der Waals surface area contributed by atoms with Gasteiger partial charge in [0.25, 0.3) is 0 Å². The van der Waals surface area contributed by atoms with E-state index >= 15 is 0 Å². The second kappa shape index (κ2) is 4.72. The van der Waals surface area contributed by atoms with Crippen LogP contribution in [0.2, 0.25) is 0 Å². The van der Waals surface area contributed by atoms with Crippen LogP contribution in [-0.2, 0) is 0 Å². The van der Waals surface area contributed by atoms with Gasteiger partial charge in [-0.2, -0.15) is 0 Å². The van der Waals surface area contributed by atoms with Gasteiger partial charge in [0.2, 0.25) is 0 Å². The number of anilines is 1. The molecule has 0 radical (unpaired) electrons. The first-order chi connectivity index (χ1) is 8.42. The molecule has 1 heterocycles. The molecule has 0 fully saturated rings. The van der Waals surface area contributed by atoms with Crippen LogP contribution < -0.4 is 5.32 Å². The molecule has 0 saturated heterocycles. The van der Waals surface area contributed by atoms with E-state index in [4.69, 9.17) is 0 Å². The Kier molecular flexibility index (Phi) is 2.92. The molecule has 2 nitrogen and oxygen atoms in total. The average Bonchev–Trinajstić information content (AvgIpc) is 3.02. The summed E-state index contributed by atoms with van der Waals surface area (Å²) in [6.07, 6.45) is 8.62. The Morgan fingerprint density at radius 2 is 1.88 bits per heavy atom. The van der Waals surface area contributed by atoms with Crippen LogP contribution in [0.1, 0.15) is 12.8 Å². The molecule has 0 aliphatic heterocycles. The van der Waals surface area contributed by atoms with Crippen molar-refractivity contribution in [1.29, 1.82) is 0 Å². The van der Waals surface area contributed by atoms with Crippen LogP contribution in [0.3, 0.4) is 0 Å². The Labute approximate surface area is 105 Å². The minimum absolute atomic E-state index is 0.532. The van der Waals surface area contributed by atoms with Crippen LogP contribution in [0.25, 0.3) is 10.4 Å². The zero-order valence-corrected chi connectivity index (χ0v) is 10.3. The van der Waals surface area contributed by atoms with Gasteiger partial charge in [0.15, 0.2) is 5.13 Å². The number of benzene rings is 1. The normalized spacial score (nSPS) is 15.3. The quantitative estimate of drug-likeness (QED) is 0.825. The Hall–Kier alpha value is -1.61. The molecular weight excluding hydrogens is 228 g/mol. The molecule has 86 valence electrons. The molecule has 1 aromatic heterocycles. The van der Waals surface area contributed by atoms with Crippen LogP contribution in [0.4, 0.5) is 5.13 Å². The molecule has 1 aliphatic rings. The first-order valence-corrected chi connectivity index (χ1v) is 6.66. The van der Waals surface area contributed by atoms with Crippen molar-refractivity contribution in [3.63, 3.8) is 0 Å². The highest BCUT2D eigenvalue weighted by Crippen LogP contribution is 2.29. The molecule has 3 rings (SSSR count). The second-order valence-electron chi connectivity index (χ2n) is 4.18. The minimum Gasteiger partial charge on any atom is -0.358 e. The third-order valence-electron chi connectivity index (χ3n) is 2.90. The molecule has 0 unspecified atom stereocenters. The number of hydrogen-bond donors (Lipinski definition) is 1. The Morgan fingerprint density at radius 1 is 1.12 bits per heavy atom. The van der Waals surface area contributed by atoms with E-state index in [-0.39, 0.29) is 0 Å². The van der Waals surface area contributed by atoms with Crippen LogP contribution in [0.5, 0.6) is 0 Å². The third-order valence-corrected chi connectivity index (χ3v) is 3.88. The van der Waals surface area contributed by atoms with Gasteiger partial charge in [-0.1, -0.05) is 53.8 Å². The molecule has 3 heteroatoms. The predicted molar refractivity (Wildman–Crippen MR) is 73.3 cm³/mol. The maximum atomic E-state index is 4.44. The lowest BCUT2D eigenvalue weighted by Gasteiger charge is -2.09. The lowest BCUT2D eigenvalue weighted by atomic mass is 10.2. The predicted octanol–water partition coefficient (Wildman–Crippen LogP) is 3.94. The van der Waals surface area contributed by atoms with E-state index in [0.29, 0.717) is 6.04 Å². The van der Waals surface area contributed by atoms with E-state index in [1.807, 2.05) is 12.3 Å². The molecule has 0 amide bonds. The molecule has 0 spiro atoms. The van der Waals surface area contributed by atoms with Crippen molar-refractivity contribution in [1.82, 2.24) is 4.98 Å². The summed E-state index contributed by atoms with van der Waals surface area (Å²) in [6.45, 7) is 0. The zero-order chi connectivity index (χ0) is 11.5. The topological polar surface area (TPSA) is 24.9 Å². The van der Waals surface area contributed by atoms with Crippen LogP contribution in [-0.4, -0.2) is 11.0 Å². The molecule has 17 heavy (non-hydrogen) atoms. The van der Waals surface area contributed by atoms with E-state index < -0.39 is 0 Å². The van der Waals surface area contributed by atoms with Gasteiger partial charge in [0.1, 0.15) is 0 Å². The number of rotatable bonds is 3. The van der Waals surface area contributed by atoms with Crippen molar-refractivity contribution in [2.75, 3.05) is 5.32 Å². The van der Waals surface area contributed by atoms with E-state index in [9.17, 15) is 0 Å². The van der Waals surface area contributed by atoms with Gasteiger partial charge in [-0.25, -0.2) is 4.98 Å². The number of aromatic nitrogens is 1. The van der Waals surface area contributed by atoms with E-state index in [1.54, 1.807) is 11.3 Å². The van der Waals surface area contributed by atoms with Gasteiger partial charge in [-0.15, -0.1) is 0 Å². The van der Waals surface area contributed by atoms with Gasteiger partial charge in [0.05, 0.1) is 4.88 Å². The molecule has 0 saturated carbocycles. The van der Waals surface area contributed by atoms with Crippen molar-refractivity contribution in [3.05, 3.63) is 48.7 Å². The fourth-order valence-electron chi connectivity index (χ4n) is 1.99. The maximum absolute atomic E-state index is 4.44. The highest BCUT2D eigenvalue weighted by Gasteiger charge is 2.12. The Morgan fingerprint density at radius 3 is 2.65 bits per heavy atom. The molecular formula is C14H14N2S. The van der Waals surface area contributed by atoms with Gasteiger partial charge in [-0.05, 0) is 18.4 Å². The lowest BCUT2D eigenvalue weighted by molar-refractivity contribution is 0.785. The largest absolute Gasteiger partial charge is 0.358 e. The van der Waals surface area contributed by atoms with Crippen LogP contribution in [0, 0.1) is 0 Å². The zero-order valence-electron chi connectivity index (χ0n) is 9.47. The first kappa shape index (κ1) is 10.5. The summed E-state index contributed by atoms with van der Waals surface area (Å²) in [6, 6.07) is 10.9. The Balaban J connectivity index is 1.74. The first-order valence-electron chi connectivity index (χ1n) is 5.84. The van der Waals surface area contributed by atoms with Crippen LogP contribution in [0.15, 0.2) is 48.7 Å². The number of hydrogen-bond acceptors (Lipinski definition) is 3. The highest BCUT2D eigenvalue weighted by molar-refractivity contribution is 7.18. The maximum Gasteiger partial charge on any atom is 0.183 e. The summed E-state index contributed by atoms with van der Waals surface area (Å²) < 4.78 is 0. The summed E-state index contributed by atoms with van der Waals surface area (Å²) in [5, 5.41) is 4.50. The van der Waals surface area contributed by atoms with E-state index in [1.165, 1.54) is 10.4 Å². The summed E-state index contributed by atoms with van der Waals surface area (Å²) in [7, 11) is 0. The fourth-order valence-corrected chi connectivity index (χ4v) is 2.89. The summed E-state index contributed by atoms with van der Waals surface area (Å²) in [5.41, 5.74) is 1.24. The van der Waals surface area contributed by atoms with Gasteiger partial charge in [-0.3, -0.25) is 0 Å². The summed E-state index contributed by atoms with van der Waals surface area (Å²) in [5.74, 6) is 0. The monoisotopic (exact) mass is 242 g/mol. The van der Waals surface area contributed by atoms with Crippen molar-refractivity contribution >= 4 is 16.5 Å². The lowest BCUT2D eigenvalue weighted by Crippen LogP contribution is -2.14.